The molecule has 0 unspecified atom stereocenters. The molecule has 32 heavy (non-hydrogen) atoms. The number of benzene rings is 2. The van der Waals surface area contributed by atoms with Gasteiger partial charge in [0.25, 0.3) is 5.56 Å². The van der Waals surface area contributed by atoms with Gasteiger partial charge in [0.2, 0.25) is 11.7 Å². The lowest BCUT2D eigenvalue weighted by atomic mass is 10.1. The van der Waals surface area contributed by atoms with E-state index in [9.17, 15) is 14.4 Å². The van der Waals surface area contributed by atoms with E-state index in [1.54, 1.807) is 48.5 Å². The molecule has 1 N–H and O–H groups in total. The van der Waals surface area contributed by atoms with Gasteiger partial charge in [-0.25, -0.2) is 13.9 Å². The molecule has 166 valence electrons. The molecule has 0 aliphatic heterocycles. The van der Waals surface area contributed by atoms with Gasteiger partial charge < -0.3 is 10.1 Å². The van der Waals surface area contributed by atoms with Gasteiger partial charge in [-0.15, -0.1) is 5.10 Å². The van der Waals surface area contributed by atoms with E-state index in [1.165, 1.54) is 16.1 Å². The Labute approximate surface area is 183 Å². The molecule has 2 aromatic carbocycles. The number of amides is 1. The van der Waals surface area contributed by atoms with Crippen LogP contribution in [0.1, 0.15) is 20.3 Å². The summed E-state index contributed by atoms with van der Waals surface area (Å²) in [7, 11) is 1.51. The van der Waals surface area contributed by atoms with Crippen molar-refractivity contribution in [1.29, 1.82) is 0 Å². The van der Waals surface area contributed by atoms with Crippen molar-refractivity contribution in [3.63, 3.8) is 0 Å². The third-order valence-electron chi connectivity index (χ3n) is 5.29. The molecule has 0 saturated carbocycles. The summed E-state index contributed by atoms with van der Waals surface area (Å²) in [6.07, 6.45) is 0.753. The van der Waals surface area contributed by atoms with E-state index in [2.05, 4.69) is 24.3 Å². The number of carbonyl (C=O) groups excluding carboxylic acids is 1. The van der Waals surface area contributed by atoms with Crippen LogP contribution in [-0.2, 0) is 17.9 Å². The summed E-state index contributed by atoms with van der Waals surface area (Å²) in [6.45, 7) is 4.26. The van der Waals surface area contributed by atoms with E-state index in [0.717, 1.165) is 11.1 Å². The molecule has 0 fully saturated rings. The van der Waals surface area contributed by atoms with Crippen molar-refractivity contribution in [3.8, 4) is 5.75 Å². The molecule has 0 saturated heterocycles. The molecule has 0 atom stereocenters. The minimum absolute atomic E-state index is 0.204. The Balaban J connectivity index is 1.78. The molecule has 4 rings (SSSR count). The zero-order chi connectivity index (χ0) is 22.8. The van der Waals surface area contributed by atoms with Gasteiger partial charge in [-0.2, -0.15) is 0 Å². The highest BCUT2D eigenvalue weighted by Gasteiger charge is 2.19. The number of methoxy groups -OCH3 is 1. The summed E-state index contributed by atoms with van der Waals surface area (Å²) in [5.74, 6) is 0.676. The maximum absolute atomic E-state index is 13.2. The third-order valence-corrected chi connectivity index (χ3v) is 5.29. The quantitative estimate of drug-likeness (QED) is 0.481. The molecule has 9 heteroatoms. The lowest BCUT2D eigenvalue weighted by Gasteiger charge is -2.10. The molecule has 0 aliphatic carbocycles. The monoisotopic (exact) mass is 435 g/mol. The Morgan fingerprint density at radius 2 is 1.81 bits per heavy atom. The van der Waals surface area contributed by atoms with E-state index < -0.39 is 11.6 Å². The van der Waals surface area contributed by atoms with Crippen molar-refractivity contribution in [1.82, 2.24) is 18.7 Å². The van der Waals surface area contributed by atoms with Crippen LogP contribution in [-0.4, -0.2) is 31.8 Å². The van der Waals surface area contributed by atoms with Crippen molar-refractivity contribution in [2.75, 3.05) is 12.4 Å². The fraction of sp³-hybridized carbons (Fsp3) is 0.304. The predicted molar refractivity (Wildman–Crippen MR) is 122 cm³/mol. The largest absolute Gasteiger partial charge is 0.495 e. The average Bonchev–Trinajstić information content (AvgIpc) is 3.09. The average molecular weight is 435 g/mol. The topological polar surface area (TPSA) is 99.6 Å². The van der Waals surface area contributed by atoms with Crippen LogP contribution in [0.15, 0.2) is 58.1 Å². The molecule has 0 spiro atoms. The van der Waals surface area contributed by atoms with Crippen LogP contribution in [0.25, 0.3) is 16.7 Å². The van der Waals surface area contributed by atoms with E-state index >= 15 is 0 Å². The van der Waals surface area contributed by atoms with Gasteiger partial charge in [0.1, 0.15) is 12.3 Å². The first kappa shape index (κ1) is 21.4. The molecule has 4 aromatic rings. The van der Waals surface area contributed by atoms with Crippen LogP contribution in [0.5, 0.6) is 5.75 Å². The van der Waals surface area contributed by atoms with Crippen molar-refractivity contribution in [3.05, 3.63) is 69.4 Å². The standard InChI is InChI=1S/C23H25N5O4/c1-15(2)12-13-26-21(30)16-8-4-6-10-18(16)28-22(26)25-27(23(28)31)14-20(29)24-17-9-5-7-11-19(17)32-3/h4-11,15H,12-14H2,1-3H3,(H,24,29). The van der Waals surface area contributed by atoms with Crippen LogP contribution in [0, 0.1) is 5.92 Å². The summed E-state index contributed by atoms with van der Waals surface area (Å²) >= 11 is 0. The number of rotatable bonds is 7. The van der Waals surface area contributed by atoms with E-state index in [4.69, 9.17) is 4.74 Å². The van der Waals surface area contributed by atoms with Crippen LogP contribution in [0.4, 0.5) is 5.69 Å². The molecular formula is C23H25N5O4. The SMILES string of the molecule is COc1ccccc1NC(=O)Cn1nc2n(CCC(C)C)c(=O)c3ccccc3n2c1=O. The second kappa shape index (κ2) is 8.70. The lowest BCUT2D eigenvalue weighted by molar-refractivity contribution is -0.117. The highest BCUT2D eigenvalue weighted by Crippen LogP contribution is 2.22. The number of nitrogens with zero attached hydrogens (tertiary/aromatic N) is 4. The van der Waals surface area contributed by atoms with Gasteiger partial charge >= 0.3 is 5.69 Å². The number of nitrogens with one attached hydrogen (secondary N) is 1. The van der Waals surface area contributed by atoms with Gasteiger partial charge in [0.15, 0.2) is 0 Å². The van der Waals surface area contributed by atoms with Crippen molar-refractivity contribution >= 4 is 28.3 Å². The van der Waals surface area contributed by atoms with Crippen LogP contribution in [0.3, 0.4) is 0 Å². The number of anilines is 1. The number of aromatic nitrogens is 4. The number of para-hydroxylation sites is 3. The van der Waals surface area contributed by atoms with Crippen molar-refractivity contribution in [2.24, 2.45) is 5.92 Å². The summed E-state index contributed by atoms with van der Waals surface area (Å²) in [6, 6.07) is 13.9. The third kappa shape index (κ3) is 3.89. The smallest absolute Gasteiger partial charge is 0.352 e. The summed E-state index contributed by atoms with van der Waals surface area (Å²) in [5.41, 5.74) is 0.278. The predicted octanol–water partition coefficient (Wildman–Crippen LogP) is 2.50. The fourth-order valence-corrected chi connectivity index (χ4v) is 3.63. The Kier molecular flexibility index (Phi) is 5.81. The van der Waals surface area contributed by atoms with Gasteiger partial charge in [0.05, 0.1) is 23.7 Å². The van der Waals surface area contributed by atoms with E-state index in [-0.39, 0.29) is 17.9 Å². The Hall–Kier alpha value is -3.88. The van der Waals surface area contributed by atoms with Gasteiger partial charge in [-0.3, -0.25) is 14.2 Å². The van der Waals surface area contributed by atoms with Crippen LogP contribution >= 0.6 is 0 Å². The molecular weight excluding hydrogens is 410 g/mol. The molecule has 9 nitrogen and oxygen atoms in total. The molecule has 0 bridgehead atoms. The van der Waals surface area contributed by atoms with Gasteiger partial charge in [0, 0.05) is 6.54 Å². The number of aryl methyl sites for hydroxylation is 1. The van der Waals surface area contributed by atoms with E-state index in [1.807, 2.05) is 0 Å². The Morgan fingerprint density at radius 1 is 1.09 bits per heavy atom. The number of hydrogen-bond donors (Lipinski definition) is 1. The highest BCUT2D eigenvalue weighted by atomic mass is 16.5. The number of carbonyl (C=O) groups is 1. The number of ether oxygens (including phenoxy) is 1. The second-order valence-electron chi connectivity index (χ2n) is 7.98. The Morgan fingerprint density at radius 3 is 2.56 bits per heavy atom. The maximum Gasteiger partial charge on any atom is 0.352 e. The van der Waals surface area contributed by atoms with Crippen LogP contribution < -0.4 is 21.3 Å². The second-order valence-corrected chi connectivity index (χ2v) is 7.98. The molecule has 0 aliphatic rings. The first-order valence-electron chi connectivity index (χ1n) is 10.4. The normalized spacial score (nSPS) is 11.4. The summed E-state index contributed by atoms with van der Waals surface area (Å²) < 4.78 is 9.24. The van der Waals surface area contributed by atoms with Crippen molar-refractivity contribution < 1.29 is 9.53 Å². The zero-order valence-electron chi connectivity index (χ0n) is 18.2. The lowest BCUT2D eigenvalue weighted by Crippen LogP contribution is -2.29. The minimum atomic E-state index is -0.482. The van der Waals surface area contributed by atoms with Gasteiger partial charge in [-0.1, -0.05) is 38.1 Å². The Bertz CT molecular complexity index is 1410. The molecule has 1 amide bonds. The number of fused-ring (bicyclic) bond motifs is 3. The molecule has 2 heterocycles. The minimum Gasteiger partial charge on any atom is -0.495 e. The summed E-state index contributed by atoms with van der Waals surface area (Å²) in [5, 5.41) is 7.54. The molecule has 0 radical (unpaired) electrons. The summed E-state index contributed by atoms with van der Waals surface area (Å²) in [4.78, 5) is 39.0. The fourth-order valence-electron chi connectivity index (χ4n) is 3.63. The number of hydrogen-bond acceptors (Lipinski definition) is 5. The first-order chi connectivity index (χ1) is 15.4. The first-order valence-corrected chi connectivity index (χ1v) is 10.4. The van der Waals surface area contributed by atoms with Crippen molar-refractivity contribution in [2.45, 2.75) is 33.4 Å². The maximum atomic E-state index is 13.2. The van der Waals surface area contributed by atoms with Crippen LogP contribution in [0.2, 0.25) is 0 Å². The highest BCUT2D eigenvalue weighted by molar-refractivity contribution is 5.92. The molecule has 2 aromatic heterocycles. The zero-order valence-corrected chi connectivity index (χ0v) is 18.2. The van der Waals surface area contributed by atoms with E-state index in [0.29, 0.717) is 34.8 Å². The van der Waals surface area contributed by atoms with Gasteiger partial charge in [-0.05, 0) is 36.6 Å².